The Hall–Kier alpha value is -1.25. The molecule has 6 unspecified atom stereocenters. The number of rotatable bonds is 2. The summed E-state index contributed by atoms with van der Waals surface area (Å²) in [6.07, 6.45) is 14.3. The number of hydrogen-bond donors (Lipinski definition) is 0. The normalized spacial score (nSPS) is 37.4. The lowest BCUT2D eigenvalue weighted by atomic mass is 9.55. The number of fused-ring (bicyclic) bond motifs is 3. The Morgan fingerprint density at radius 2 is 1.42 bits per heavy atom. The van der Waals surface area contributed by atoms with E-state index >= 15 is 0 Å². The van der Waals surface area contributed by atoms with Gasteiger partial charge in [0.15, 0.2) is 17.5 Å². The smallest absolute Gasteiger partial charge is 0.194 e. The predicted octanol–water partition coefficient (Wildman–Crippen LogP) is 7.01. The van der Waals surface area contributed by atoms with Crippen LogP contribution in [-0.2, 0) is 0 Å². The minimum atomic E-state index is -1.35. The second-order valence-electron chi connectivity index (χ2n) is 8.83. The van der Waals surface area contributed by atoms with E-state index < -0.39 is 17.5 Å². The monoisotopic (exact) mass is 362 g/mol. The summed E-state index contributed by atoms with van der Waals surface area (Å²) in [4.78, 5) is 0. The van der Waals surface area contributed by atoms with Crippen LogP contribution >= 0.6 is 0 Å². The van der Waals surface area contributed by atoms with Crippen LogP contribution in [0.25, 0.3) is 0 Å². The van der Waals surface area contributed by atoms with Crippen molar-refractivity contribution in [3.63, 3.8) is 0 Å². The Labute approximate surface area is 154 Å². The van der Waals surface area contributed by atoms with E-state index in [9.17, 15) is 13.2 Å². The molecule has 0 aliphatic heterocycles. The summed E-state index contributed by atoms with van der Waals surface area (Å²) in [6, 6.07) is 2.44. The van der Waals surface area contributed by atoms with Gasteiger partial charge in [-0.15, -0.1) is 0 Å². The van der Waals surface area contributed by atoms with Crippen molar-refractivity contribution in [2.45, 2.75) is 64.2 Å². The van der Waals surface area contributed by atoms with Gasteiger partial charge in [-0.25, -0.2) is 13.2 Å². The molecule has 4 rings (SSSR count). The van der Waals surface area contributed by atoms with Crippen molar-refractivity contribution in [3.05, 3.63) is 47.3 Å². The van der Waals surface area contributed by atoms with Crippen molar-refractivity contribution >= 4 is 0 Å². The van der Waals surface area contributed by atoms with E-state index in [1.165, 1.54) is 44.2 Å². The second-order valence-corrected chi connectivity index (χ2v) is 8.83. The molecule has 0 amide bonds. The molecule has 1 aromatic carbocycles. The lowest BCUT2D eigenvalue weighted by Crippen LogP contribution is -2.41. The number of hydrogen-bond acceptors (Lipinski definition) is 0. The molecule has 3 aliphatic carbocycles. The third-order valence-corrected chi connectivity index (χ3v) is 7.52. The largest absolute Gasteiger partial charge is 0.204 e. The highest BCUT2D eigenvalue weighted by Crippen LogP contribution is 2.54. The number of halogens is 3. The van der Waals surface area contributed by atoms with Gasteiger partial charge in [0.1, 0.15) is 0 Å². The van der Waals surface area contributed by atoms with Crippen molar-refractivity contribution in [3.8, 4) is 0 Å². The van der Waals surface area contributed by atoms with E-state index in [2.05, 4.69) is 19.1 Å². The van der Waals surface area contributed by atoms with E-state index in [1.54, 1.807) is 0 Å². The first kappa shape index (κ1) is 18.1. The van der Waals surface area contributed by atoms with Gasteiger partial charge in [0, 0.05) is 0 Å². The van der Waals surface area contributed by atoms with Crippen LogP contribution in [0.1, 0.15) is 69.8 Å². The average Bonchev–Trinajstić information content (AvgIpc) is 2.65. The van der Waals surface area contributed by atoms with E-state index in [0.717, 1.165) is 42.9 Å². The molecular weight excluding hydrogens is 333 g/mol. The third-order valence-electron chi connectivity index (χ3n) is 7.52. The zero-order valence-electron chi connectivity index (χ0n) is 15.6. The fourth-order valence-corrected chi connectivity index (χ4v) is 6.39. The molecule has 0 heterocycles. The quantitative estimate of drug-likeness (QED) is 0.392. The van der Waals surface area contributed by atoms with Gasteiger partial charge in [-0.3, -0.25) is 0 Å². The van der Waals surface area contributed by atoms with Crippen LogP contribution in [0.3, 0.4) is 0 Å². The maximum absolute atomic E-state index is 13.6. The molecule has 142 valence electrons. The Balaban J connectivity index is 1.45. The Morgan fingerprint density at radius 1 is 0.808 bits per heavy atom. The van der Waals surface area contributed by atoms with Gasteiger partial charge >= 0.3 is 0 Å². The molecule has 0 N–H and O–H groups in total. The molecule has 3 heteroatoms. The molecule has 3 aliphatic rings. The lowest BCUT2D eigenvalue weighted by molar-refractivity contribution is 0.0127. The highest BCUT2D eigenvalue weighted by atomic mass is 19.2. The van der Waals surface area contributed by atoms with Crippen molar-refractivity contribution in [1.82, 2.24) is 0 Å². The molecule has 1 aromatic rings. The summed E-state index contributed by atoms with van der Waals surface area (Å²) in [5.74, 6) is 0.663. The van der Waals surface area contributed by atoms with Crippen molar-refractivity contribution < 1.29 is 13.2 Å². The van der Waals surface area contributed by atoms with Gasteiger partial charge in [-0.2, -0.15) is 0 Å². The maximum atomic E-state index is 13.6. The van der Waals surface area contributed by atoms with E-state index in [4.69, 9.17) is 0 Å². The van der Waals surface area contributed by atoms with Gasteiger partial charge in [0.25, 0.3) is 0 Å². The molecule has 26 heavy (non-hydrogen) atoms. The molecule has 0 saturated heterocycles. The van der Waals surface area contributed by atoms with Gasteiger partial charge in [-0.05, 0) is 111 Å². The van der Waals surface area contributed by atoms with Gasteiger partial charge < -0.3 is 0 Å². The lowest BCUT2D eigenvalue weighted by Gasteiger charge is -2.50. The summed E-state index contributed by atoms with van der Waals surface area (Å²) >= 11 is 0. The van der Waals surface area contributed by atoms with E-state index in [-0.39, 0.29) is 5.92 Å². The first-order valence-corrected chi connectivity index (χ1v) is 10.3. The summed E-state index contributed by atoms with van der Waals surface area (Å²) in [5.41, 5.74) is 0.652. The zero-order chi connectivity index (χ0) is 18.3. The first-order chi connectivity index (χ1) is 12.6. The van der Waals surface area contributed by atoms with Crippen molar-refractivity contribution in [2.75, 3.05) is 0 Å². The minimum Gasteiger partial charge on any atom is -0.204 e. The zero-order valence-corrected chi connectivity index (χ0v) is 15.6. The van der Waals surface area contributed by atoms with Crippen LogP contribution in [0.4, 0.5) is 13.2 Å². The Morgan fingerprint density at radius 3 is 2.08 bits per heavy atom. The van der Waals surface area contributed by atoms with Crippen LogP contribution in [0, 0.1) is 47.0 Å². The number of benzene rings is 1. The standard InChI is InChI=1S/C23H29F3/c1-2-3-14-4-8-19-16(10-14)5-6-17-11-15(7-9-20(17)19)18-12-21(24)23(26)22(25)13-18/h2-3,12-17,19-20H,4-11H2,1H3. The molecule has 0 nitrogen and oxygen atoms in total. The molecule has 0 radical (unpaired) electrons. The Bertz CT molecular complexity index is 657. The fourth-order valence-electron chi connectivity index (χ4n) is 6.39. The molecule has 0 spiro atoms. The molecule has 6 atom stereocenters. The summed E-state index contributed by atoms with van der Waals surface area (Å²) in [5, 5.41) is 0. The maximum Gasteiger partial charge on any atom is 0.194 e. The van der Waals surface area contributed by atoms with E-state index in [0.29, 0.717) is 11.5 Å². The SMILES string of the molecule is CC=CC1CCC2C(CCC3CC(c4cc(F)c(F)c(F)c4)CCC32)C1. The molecule has 0 bridgehead atoms. The fraction of sp³-hybridized carbons (Fsp3) is 0.652. The van der Waals surface area contributed by atoms with Gasteiger partial charge in [0.05, 0.1) is 0 Å². The summed E-state index contributed by atoms with van der Waals surface area (Å²) < 4.78 is 40.5. The summed E-state index contributed by atoms with van der Waals surface area (Å²) in [7, 11) is 0. The molecule has 3 saturated carbocycles. The highest BCUT2D eigenvalue weighted by Gasteiger charge is 2.44. The van der Waals surface area contributed by atoms with Crippen LogP contribution in [-0.4, -0.2) is 0 Å². The molecular formula is C23H29F3. The second kappa shape index (κ2) is 7.40. The van der Waals surface area contributed by atoms with Crippen LogP contribution in [0.15, 0.2) is 24.3 Å². The van der Waals surface area contributed by atoms with Gasteiger partial charge in [-0.1, -0.05) is 12.2 Å². The summed E-state index contributed by atoms with van der Waals surface area (Å²) in [6.45, 7) is 2.12. The Kier molecular flexibility index (Phi) is 5.16. The van der Waals surface area contributed by atoms with Crippen molar-refractivity contribution in [1.29, 1.82) is 0 Å². The number of allylic oxidation sites excluding steroid dienone is 2. The van der Waals surface area contributed by atoms with Crippen molar-refractivity contribution in [2.24, 2.45) is 29.6 Å². The van der Waals surface area contributed by atoms with Crippen LogP contribution in [0.5, 0.6) is 0 Å². The molecule has 0 aromatic heterocycles. The highest BCUT2D eigenvalue weighted by molar-refractivity contribution is 5.24. The first-order valence-electron chi connectivity index (χ1n) is 10.3. The third kappa shape index (κ3) is 3.34. The van der Waals surface area contributed by atoms with Crippen LogP contribution < -0.4 is 0 Å². The average molecular weight is 362 g/mol. The van der Waals surface area contributed by atoms with E-state index in [1.807, 2.05) is 0 Å². The predicted molar refractivity (Wildman–Crippen MR) is 98.3 cm³/mol. The molecule has 3 fully saturated rings. The van der Waals surface area contributed by atoms with Gasteiger partial charge in [0.2, 0.25) is 0 Å². The minimum absolute atomic E-state index is 0.178. The van der Waals surface area contributed by atoms with Crippen LogP contribution in [0.2, 0.25) is 0 Å². The topological polar surface area (TPSA) is 0 Å².